The third-order valence-electron chi connectivity index (χ3n) is 2.91. The Labute approximate surface area is 105 Å². The Balaban J connectivity index is 1.99. The fourth-order valence-corrected chi connectivity index (χ4v) is 1.82. The molecule has 1 saturated heterocycles. The molecular formula is C13H14N2O3. The second-order valence-electron chi connectivity index (χ2n) is 4.33. The second-order valence-corrected chi connectivity index (χ2v) is 4.33. The van der Waals surface area contributed by atoms with E-state index in [2.05, 4.69) is 10.6 Å². The normalized spacial score (nSPS) is 18.3. The van der Waals surface area contributed by atoms with Crippen LogP contribution in [0.1, 0.15) is 23.7 Å². The molecule has 18 heavy (non-hydrogen) atoms. The Morgan fingerprint density at radius 1 is 1.28 bits per heavy atom. The molecule has 0 spiro atoms. The van der Waals surface area contributed by atoms with E-state index in [1.807, 2.05) is 0 Å². The van der Waals surface area contributed by atoms with Crippen LogP contribution in [0.4, 0.5) is 5.69 Å². The molecule has 0 radical (unpaired) electrons. The molecule has 0 aliphatic carbocycles. The highest BCUT2D eigenvalue weighted by molar-refractivity contribution is 5.98. The van der Waals surface area contributed by atoms with E-state index < -0.39 is 0 Å². The Bertz CT molecular complexity index is 493. The standard InChI is InChI=1S/C13H14N2O3/c1-8(16)9-2-4-11(5-3-9)15-13(18)10-6-12(17)14-7-10/h2-5,10H,6-7H2,1H3,(H,14,17)(H,15,18). The average molecular weight is 246 g/mol. The SMILES string of the molecule is CC(=O)c1ccc(NC(=O)C2CNC(=O)C2)cc1. The molecular weight excluding hydrogens is 232 g/mol. The van der Waals surface area contributed by atoms with E-state index in [1.165, 1.54) is 6.92 Å². The zero-order chi connectivity index (χ0) is 13.1. The van der Waals surface area contributed by atoms with Crippen LogP contribution in [0.2, 0.25) is 0 Å². The van der Waals surface area contributed by atoms with Crippen LogP contribution in [0.3, 0.4) is 0 Å². The summed E-state index contributed by atoms with van der Waals surface area (Å²) in [5.41, 5.74) is 1.23. The van der Waals surface area contributed by atoms with Crippen molar-refractivity contribution in [2.75, 3.05) is 11.9 Å². The van der Waals surface area contributed by atoms with Gasteiger partial charge in [0.25, 0.3) is 0 Å². The van der Waals surface area contributed by atoms with Crippen molar-refractivity contribution >= 4 is 23.3 Å². The van der Waals surface area contributed by atoms with Gasteiger partial charge >= 0.3 is 0 Å². The number of rotatable bonds is 3. The van der Waals surface area contributed by atoms with Gasteiger partial charge in [-0.2, -0.15) is 0 Å². The van der Waals surface area contributed by atoms with Gasteiger partial charge in [-0.25, -0.2) is 0 Å². The Morgan fingerprint density at radius 2 is 1.94 bits per heavy atom. The van der Waals surface area contributed by atoms with E-state index in [4.69, 9.17) is 0 Å². The first-order valence-corrected chi connectivity index (χ1v) is 5.75. The molecule has 1 atom stereocenters. The van der Waals surface area contributed by atoms with Crippen molar-refractivity contribution in [1.29, 1.82) is 0 Å². The van der Waals surface area contributed by atoms with Crippen LogP contribution in [-0.4, -0.2) is 24.1 Å². The third-order valence-corrected chi connectivity index (χ3v) is 2.91. The molecule has 1 aliphatic heterocycles. The molecule has 1 aliphatic rings. The van der Waals surface area contributed by atoms with Gasteiger partial charge in [0.1, 0.15) is 0 Å². The largest absolute Gasteiger partial charge is 0.355 e. The highest BCUT2D eigenvalue weighted by Crippen LogP contribution is 2.14. The number of hydrogen-bond donors (Lipinski definition) is 2. The summed E-state index contributed by atoms with van der Waals surface area (Å²) in [6, 6.07) is 6.68. The van der Waals surface area contributed by atoms with Crippen molar-refractivity contribution in [2.24, 2.45) is 5.92 Å². The van der Waals surface area contributed by atoms with Gasteiger partial charge < -0.3 is 10.6 Å². The van der Waals surface area contributed by atoms with Crippen LogP contribution < -0.4 is 10.6 Å². The molecule has 1 fully saturated rings. The highest BCUT2D eigenvalue weighted by Gasteiger charge is 2.27. The first-order valence-electron chi connectivity index (χ1n) is 5.75. The van der Waals surface area contributed by atoms with Gasteiger partial charge in [-0.05, 0) is 31.2 Å². The predicted octanol–water partition coefficient (Wildman–Crippen LogP) is 0.964. The Kier molecular flexibility index (Phi) is 3.41. The lowest BCUT2D eigenvalue weighted by atomic mass is 10.1. The minimum absolute atomic E-state index is 0.0153. The minimum Gasteiger partial charge on any atom is -0.355 e. The molecule has 2 rings (SSSR count). The maximum atomic E-state index is 11.8. The van der Waals surface area contributed by atoms with Crippen molar-refractivity contribution in [1.82, 2.24) is 5.32 Å². The number of benzene rings is 1. The summed E-state index contributed by atoms with van der Waals surface area (Å²) in [7, 11) is 0. The van der Waals surface area contributed by atoms with Crippen LogP contribution in [0.15, 0.2) is 24.3 Å². The number of hydrogen-bond acceptors (Lipinski definition) is 3. The lowest BCUT2D eigenvalue weighted by Gasteiger charge is -2.09. The summed E-state index contributed by atoms with van der Waals surface area (Å²) in [6.07, 6.45) is 0.233. The molecule has 5 nitrogen and oxygen atoms in total. The van der Waals surface area contributed by atoms with Crippen LogP contribution in [-0.2, 0) is 9.59 Å². The summed E-state index contributed by atoms with van der Waals surface area (Å²) < 4.78 is 0. The maximum Gasteiger partial charge on any atom is 0.229 e. The van der Waals surface area contributed by atoms with E-state index in [0.29, 0.717) is 17.8 Å². The van der Waals surface area contributed by atoms with Crippen molar-refractivity contribution in [2.45, 2.75) is 13.3 Å². The molecule has 94 valence electrons. The van der Waals surface area contributed by atoms with Crippen molar-refractivity contribution in [3.05, 3.63) is 29.8 Å². The topological polar surface area (TPSA) is 75.3 Å². The van der Waals surface area contributed by atoms with E-state index in [-0.39, 0.29) is 29.9 Å². The second kappa shape index (κ2) is 5.00. The van der Waals surface area contributed by atoms with Crippen LogP contribution >= 0.6 is 0 Å². The minimum atomic E-state index is -0.315. The lowest BCUT2D eigenvalue weighted by molar-refractivity contribution is -0.123. The monoisotopic (exact) mass is 246 g/mol. The molecule has 1 heterocycles. The average Bonchev–Trinajstić information content (AvgIpc) is 2.76. The number of carbonyl (C=O) groups is 3. The van der Waals surface area contributed by atoms with Crippen molar-refractivity contribution in [3.8, 4) is 0 Å². The molecule has 2 N–H and O–H groups in total. The molecule has 0 saturated carbocycles. The first-order chi connectivity index (χ1) is 8.56. The lowest BCUT2D eigenvalue weighted by Crippen LogP contribution is -2.24. The fourth-order valence-electron chi connectivity index (χ4n) is 1.82. The van der Waals surface area contributed by atoms with E-state index in [9.17, 15) is 14.4 Å². The van der Waals surface area contributed by atoms with Crippen molar-refractivity contribution in [3.63, 3.8) is 0 Å². The molecule has 0 aromatic heterocycles. The maximum absolute atomic E-state index is 11.8. The summed E-state index contributed by atoms with van der Waals surface area (Å²) in [6.45, 7) is 1.87. The number of ketones is 1. The molecule has 0 bridgehead atoms. The van der Waals surface area contributed by atoms with E-state index in [1.54, 1.807) is 24.3 Å². The summed E-state index contributed by atoms with van der Waals surface area (Å²) in [5.74, 6) is -0.602. The number of carbonyl (C=O) groups excluding carboxylic acids is 3. The number of Topliss-reactive ketones (excluding diaryl/α,β-unsaturated/α-hetero) is 1. The van der Waals surface area contributed by atoms with Gasteiger partial charge in [0.05, 0.1) is 5.92 Å². The first kappa shape index (κ1) is 12.3. The molecule has 1 aromatic carbocycles. The van der Waals surface area contributed by atoms with Crippen molar-refractivity contribution < 1.29 is 14.4 Å². The van der Waals surface area contributed by atoms with Crippen LogP contribution in [0.5, 0.6) is 0 Å². The zero-order valence-electron chi connectivity index (χ0n) is 10.0. The van der Waals surface area contributed by atoms with Crippen LogP contribution in [0, 0.1) is 5.92 Å². The molecule has 5 heteroatoms. The summed E-state index contributed by atoms with van der Waals surface area (Å²) in [5, 5.41) is 5.34. The molecule has 1 aromatic rings. The summed E-state index contributed by atoms with van der Waals surface area (Å²) >= 11 is 0. The molecule has 1 unspecified atom stereocenters. The number of amides is 2. The van der Waals surface area contributed by atoms with E-state index in [0.717, 1.165) is 0 Å². The van der Waals surface area contributed by atoms with Crippen LogP contribution in [0.25, 0.3) is 0 Å². The third kappa shape index (κ3) is 2.74. The Hall–Kier alpha value is -2.17. The van der Waals surface area contributed by atoms with Gasteiger partial charge in [0, 0.05) is 24.2 Å². The van der Waals surface area contributed by atoms with Gasteiger partial charge in [-0.1, -0.05) is 0 Å². The quantitative estimate of drug-likeness (QED) is 0.780. The number of anilines is 1. The highest BCUT2D eigenvalue weighted by atomic mass is 16.2. The molecule has 2 amide bonds. The predicted molar refractivity (Wildman–Crippen MR) is 66.2 cm³/mol. The van der Waals surface area contributed by atoms with E-state index >= 15 is 0 Å². The van der Waals surface area contributed by atoms with Gasteiger partial charge in [-0.15, -0.1) is 0 Å². The van der Waals surface area contributed by atoms with Gasteiger partial charge in [-0.3, -0.25) is 14.4 Å². The summed E-state index contributed by atoms with van der Waals surface area (Å²) in [4.78, 5) is 33.9. The zero-order valence-corrected chi connectivity index (χ0v) is 10.0. The van der Waals surface area contributed by atoms with Gasteiger partial charge in [0.2, 0.25) is 11.8 Å². The number of nitrogens with one attached hydrogen (secondary N) is 2. The van der Waals surface area contributed by atoms with Gasteiger partial charge in [0.15, 0.2) is 5.78 Å². The smallest absolute Gasteiger partial charge is 0.229 e. The fraction of sp³-hybridized carbons (Fsp3) is 0.308. The Morgan fingerprint density at radius 3 is 2.44 bits per heavy atom.